The Balaban J connectivity index is 2.07. The molecule has 1 N–H and O–H groups in total. The number of rotatable bonds is 7. The van der Waals surface area contributed by atoms with Gasteiger partial charge in [0.05, 0.1) is 18.8 Å². The summed E-state index contributed by atoms with van der Waals surface area (Å²) in [5.41, 5.74) is 1.72. The maximum absolute atomic E-state index is 13.7. The predicted octanol–water partition coefficient (Wildman–Crippen LogP) is 2.11. The lowest BCUT2D eigenvalue weighted by Gasteiger charge is -2.12. The highest BCUT2D eigenvalue weighted by molar-refractivity contribution is 5.19. The molecule has 0 fully saturated rings. The van der Waals surface area contributed by atoms with E-state index >= 15 is 0 Å². The van der Waals surface area contributed by atoms with Gasteiger partial charge in [-0.1, -0.05) is 18.2 Å². The Kier molecular flexibility index (Phi) is 5.26. The van der Waals surface area contributed by atoms with Crippen molar-refractivity contribution in [3.63, 3.8) is 0 Å². The first-order valence-electron chi connectivity index (χ1n) is 6.66. The molecule has 0 aliphatic carbocycles. The fraction of sp³-hybridized carbons (Fsp3) is 0.400. The van der Waals surface area contributed by atoms with Crippen LogP contribution in [0.4, 0.5) is 4.39 Å². The van der Waals surface area contributed by atoms with Crippen LogP contribution >= 0.6 is 0 Å². The zero-order chi connectivity index (χ0) is 14.4. The summed E-state index contributed by atoms with van der Waals surface area (Å²) in [5.74, 6) is 0.704. The number of hydrogen-bond donors (Lipinski definition) is 1. The van der Waals surface area contributed by atoms with E-state index in [0.29, 0.717) is 25.3 Å². The topological polar surface area (TPSA) is 39.1 Å². The minimum atomic E-state index is -0.182. The van der Waals surface area contributed by atoms with Crippen LogP contribution < -0.4 is 5.32 Å². The third kappa shape index (κ3) is 3.65. The normalized spacial score (nSPS) is 10.9. The van der Waals surface area contributed by atoms with Gasteiger partial charge in [-0.05, 0) is 13.0 Å². The van der Waals surface area contributed by atoms with Crippen LogP contribution in [0.1, 0.15) is 17.1 Å². The highest BCUT2D eigenvalue weighted by atomic mass is 19.1. The van der Waals surface area contributed by atoms with Crippen LogP contribution in [-0.4, -0.2) is 29.8 Å². The Hall–Kier alpha value is -1.72. The first kappa shape index (κ1) is 14.7. The van der Waals surface area contributed by atoms with Crippen LogP contribution in [0, 0.1) is 12.7 Å². The smallest absolute Gasteiger partial charge is 0.128 e. The van der Waals surface area contributed by atoms with Gasteiger partial charge in [0.2, 0.25) is 0 Å². The monoisotopic (exact) mass is 277 g/mol. The number of halogens is 1. The summed E-state index contributed by atoms with van der Waals surface area (Å²) >= 11 is 0. The van der Waals surface area contributed by atoms with Gasteiger partial charge in [0, 0.05) is 32.0 Å². The minimum Gasteiger partial charge on any atom is -0.383 e. The molecule has 5 heteroatoms. The fourth-order valence-electron chi connectivity index (χ4n) is 2.06. The Morgan fingerprint density at radius 2 is 2.15 bits per heavy atom. The molecule has 1 aromatic carbocycles. The van der Waals surface area contributed by atoms with Gasteiger partial charge in [-0.3, -0.25) is 0 Å². The first-order chi connectivity index (χ1) is 9.72. The molecule has 0 amide bonds. The second kappa shape index (κ2) is 7.17. The van der Waals surface area contributed by atoms with Gasteiger partial charge < -0.3 is 14.6 Å². The van der Waals surface area contributed by atoms with Crippen molar-refractivity contribution < 1.29 is 9.13 Å². The highest BCUT2D eigenvalue weighted by Gasteiger charge is 2.09. The molecule has 0 saturated heterocycles. The summed E-state index contributed by atoms with van der Waals surface area (Å²) in [6, 6.07) is 6.84. The van der Waals surface area contributed by atoms with Gasteiger partial charge in [-0.15, -0.1) is 0 Å². The van der Waals surface area contributed by atoms with Gasteiger partial charge in [0.15, 0.2) is 0 Å². The van der Waals surface area contributed by atoms with Crippen LogP contribution in [0.2, 0.25) is 0 Å². The number of benzene rings is 1. The van der Waals surface area contributed by atoms with Crippen molar-refractivity contribution in [2.24, 2.45) is 0 Å². The molecular formula is C15H20FN3O. The summed E-state index contributed by atoms with van der Waals surface area (Å²) in [6.45, 7) is 4.57. The predicted molar refractivity (Wildman–Crippen MR) is 76.0 cm³/mol. The number of nitrogens with zero attached hydrogens (tertiary/aromatic N) is 2. The molecule has 0 atom stereocenters. The standard InChI is InChI=1S/C15H20FN3O/c1-12-18-10-14(9-17-7-8-20-2)19(12)11-13-5-3-4-6-15(13)16/h3-6,10,17H,7-9,11H2,1-2H3. The van der Waals surface area contributed by atoms with E-state index in [-0.39, 0.29) is 5.82 Å². The van der Waals surface area contributed by atoms with Crippen molar-refractivity contribution >= 4 is 0 Å². The molecule has 2 rings (SSSR count). The van der Waals surface area contributed by atoms with Crippen LogP contribution in [-0.2, 0) is 17.8 Å². The fourth-order valence-corrected chi connectivity index (χ4v) is 2.06. The summed E-state index contributed by atoms with van der Waals surface area (Å²) in [6.07, 6.45) is 1.83. The van der Waals surface area contributed by atoms with E-state index in [1.54, 1.807) is 19.2 Å². The summed E-state index contributed by atoms with van der Waals surface area (Å²) in [7, 11) is 1.67. The molecule has 2 aromatic rings. The molecule has 1 heterocycles. The molecule has 108 valence electrons. The number of hydrogen-bond acceptors (Lipinski definition) is 3. The molecule has 1 aromatic heterocycles. The van der Waals surface area contributed by atoms with E-state index in [0.717, 1.165) is 18.1 Å². The van der Waals surface area contributed by atoms with Crippen LogP contribution in [0.3, 0.4) is 0 Å². The minimum absolute atomic E-state index is 0.182. The van der Waals surface area contributed by atoms with E-state index < -0.39 is 0 Å². The SMILES string of the molecule is COCCNCc1cnc(C)n1Cc1ccccc1F. The van der Waals surface area contributed by atoms with Crippen LogP contribution in [0.5, 0.6) is 0 Å². The second-order valence-electron chi connectivity index (χ2n) is 4.64. The average molecular weight is 277 g/mol. The van der Waals surface area contributed by atoms with E-state index in [1.807, 2.05) is 23.8 Å². The maximum Gasteiger partial charge on any atom is 0.128 e. The molecule has 0 spiro atoms. The molecule has 0 bridgehead atoms. The molecule has 0 aliphatic heterocycles. The lowest BCUT2D eigenvalue weighted by Crippen LogP contribution is -2.21. The Bertz CT molecular complexity index is 554. The third-order valence-electron chi connectivity index (χ3n) is 3.21. The number of aromatic nitrogens is 2. The summed E-state index contributed by atoms with van der Waals surface area (Å²) in [5, 5.41) is 3.28. The molecular weight excluding hydrogens is 257 g/mol. The highest BCUT2D eigenvalue weighted by Crippen LogP contribution is 2.12. The summed E-state index contributed by atoms with van der Waals surface area (Å²) in [4.78, 5) is 4.31. The zero-order valence-electron chi connectivity index (χ0n) is 11.9. The molecule has 0 saturated carbocycles. The number of imidazole rings is 1. The van der Waals surface area contributed by atoms with E-state index in [1.165, 1.54) is 6.07 Å². The Morgan fingerprint density at radius 3 is 2.90 bits per heavy atom. The molecule has 0 unspecified atom stereocenters. The number of methoxy groups -OCH3 is 1. The lowest BCUT2D eigenvalue weighted by molar-refractivity contribution is 0.199. The van der Waals surface area contributed by atoms with Crippen LogP contribution in [0.15, 0.2) is 30.5 Å². The van der Waals surface area contributed by atoms with Gasteiger partial charge in [0.25, 0.3) is 0 Å². The molecule has 0 radical (unpaired) electrons. The molecule has 20 heavy (non-hydrogen) atoms. The lowest BCUT2D eigenvalue weighted by atomic mass is 10.2. The number of nitrogens with one attached hydrogen (secondary N) is 1. The third-order valence-corrected chi connectivity index (χ3v) is 3.21. The van der Waals surface area contributed by atoms with Gasteiger partial charge in [-0.2, -0.15) is 0 Å². The van der Waals surface area contributed by atoms with Crippen molar-refractivity contribution in [1.29, 1.82) is 0 Å². The summed E-state index contributed by atoms with van der Waals surface area (Å²) < 4.78 is 20.7. The van der Waals surface area contributed by atoms with Gasteiger partial charge >= 0.3 is 0 Å². The quantitative estimate of drug-likeness (QED) is 0.788. The van der Waals surface area contributed by atoms with Crippen molar-refractivity contribution in [2.45, 2.75) is 20.0 Å². The van der Waals surface area contributed by atoms with Gasteiger partial charge in [-0.25, -0.2) is 9.37 Å². The molecule has 0 aliphatic rings. The average Bonchev–Trinajstić information content (AvgIpc) is 2.79. The molecule has 4 nitrogen and oxygen atoms in total. The van der Waals surface area contributed by atoms with E-state index in [9.17, 15) is 4.39 Å². The number of aryl methyl sites for hydroxylation is 1. The van der Waals surface area contributed by atoms with E-state index in [2.05, 4.69) is 10.3 Å². The van der Waals surface area contributed by atoms with Crippen molar-refractivity contribution in [1.82, 2.24) is 14.9 Å². The van der Waals surface area contributed by atoms with Crippen molar-refractivity contribution in [3.8, 4) is 0 Å². The maximum atomic E-state index is 13.7. The van der Waals surface area contributed by atoms with Crippen molar-refractivity contribution in [2.75, 3.05) is 20.3 Å². The Morgan fingerprint density at radius 1 is 1.35 bits per heavy atom. The van der Waals surface area contributed by atoms with Crippen molar-refractivity contribution in [3.05, 3.63) is 53.4 Å². The van der Waals surface area contributed by atoms with E-state index in [4.69, 9.17) is 4.74 Å². The van der Waals surface area contributed by atoms with Crippen LogP contribution in [0.25, 0.3) is 0 Å². The first-order valence-corrected chi connectivity index (χ1v) is 6.66. The largest absolute Gasteiger partial charge is 0.383 e. The van der Waals surface area contributed by atoms with Gasteiger partial charge in [0.1, 0.15) is 11.6 Å². The zero-order valence-corrected chi connectivity index (χ0v) is 11.9. The second-order valence-corrected chi connectivity index (χ2v) is 4.64. The number of ether oxygens (including phenoxy) is 1. The Labute approximate surface area is 118 Å².